The lowest BCUT2D eigenvalue weighted by atomic mass is 9.99. The third-order valence-electron chi connectivity index (χ3n) is 2.64. The van der Waals surface area contributed by atoms with E-state index >= 15 is 0 Å². The number of thioether (sulfide) groups is 1. The van der Waals surface area contributed by atoms with Crippen LogP contribution in [0.3, 0.4) is 0 Å². The van der Waals surface area contributed by atoms with Crippen molar-refractivity contribution >= 4 is 11.8 Å². The van der Waals surface area contributed by atoms with Crippen molar-refractivity contribution in [2.75, 3.05) is 13.1 Å². The van der Waals surface area contributed by atoms with Gasteiger partial charge >= 0.3 is 0 Å². The van der Waals surface area contributed by atoms with Crippen LogP contribution in [0.25, 0.3) is 0 Å². The van der Waals surface area contributed by atoms with E-state index < -0.39 is 5.76 Å². The van der Waals surface area contributed by atoms with Crippen molar-refractivity contribution < 1.29 is 8.78 Å². The van der Waals surface area contributed by atoms with Crippen molar-refractivity contribution in [1.82, 2.24) is 5.32 Å². The summed E-state index contributed by atoms with van der Waals surface area (Å²) in [4.78, 5) is 0.639. The molecule has 0 amide bonds. The van der Waals surface area contributed by atoms with Gasteiger partial charge in [0.25, 0.3) is 5.76 Å². The molecule has 1 fully saturated rings. The molecule has 1 atom stereocenters. The van der Waals surface area contributed by atoms with E-state index in [0.29, 0.717) is 22.6 Å². The minimum atomic E-state index is -2.33. The number of nitrogens with one attached hydrogen (secondary N) is 1. The normalized spacial score (nSPS) is 21.1. The fraction of sp³-hybridized carbons (Fsp3) is 0.455. The van der Waals surface area contributed by atoms with Gasteiger partial charge in [-0.05, 0) is 36.6 Å². The Labute approximate surface area is 92.3 Å². The van der Waals surface area contributed by atoms with Crippen molar-refractivity contribution in [3.63, 3.8) is 0 Å². The molecule has 2 rings (SSSR count). The first-order valence-corrected chi connectivity index (χ1v) is 5.89. The molecule has 1 unspecified atom stereocenters. The number of benzene rings is 1. The molecule has 1 aliphatic heterocycles. The largest absolute Gasteiger partial charge is 0.316 e. The summed E-state index contributed by atoms with van der Waals surface area (Å²) in [6, 6.07) is 7.49. The number of hydrogen-bond donors (Lipinski definition) is 1. The predicted octanol–water partition coefficient (Wildman–Crippen LogP) is 3.08. The molecule has 1 aliphatic rings. The van der Waals surface area contributed by atoms with Crippen molar-refractivity contribution in [3.05, 3.63) is 29.8 Å². The Balaban J connectivity index is 2.03. The van der Waals surface area contributed by atoms with Crippen LogP contribution in [0.2, 0.25) is 0 Å². The molecule has 0 spiro atoms. The van der Waals surface area contributed by atoms with Gasteiger partial charge in [-0.15, -0.1) is 0 Å². The summed E-state index contributed by atoms with van der Waals surface area (Å²) in [6.07, 6.45) is 1.14. The van der Waals surface area contributed by atoms with Crippen molar-refractivity contribution in [2.45, 2.75) is 23.0 Å². The zero-order valence-corrected chi connectivity index (χ0v) is 9.07. The molecule has 1 aromatic rings. The molecule has 15 heavy (non-hydrogen) atoms. The SMILES string of the molecule is FC(F)Sc1ccc(C2CCNC2)cc1. The zero-order valence-electron chi connectivity index (χ0n) is 8.25. The monoisotopic (exact) mass is 229 g/mol. The Morgan fingerprint density at radius 2 is 2.00 bits per heavy atom. The van der Waals surface area contributed by atoms with E-state index in [1.165, 1.54) is 5.56 Å². The summed E-state index contributed by atoms with van der Waals surface area (Å²) >= 11 is 0.601. The summed E-state index contributed by atoms with van der Waals surface area (Å²) in [6.45, 7) is 2.06. The summed E-state index contributed by atoms with van der Waals surface area (Å²) in [5.41, 5.74) is 1.25. The average molecular weight is 229 g/mol. The summed E-state index contributed by atoms with van der Waals surface area (Å²) < 4.78 is 24.1. The second-order valence-electron chi connectivity index (χ2n) is 3.64. The molecular weight excluding hydrogens is 216 g/mol. The Morgan fingerprint density at radius 3 is 2.53 bits per heavy atom. The molecule has 4 heteroatoms. The van der Waals surface area contributed by atoms with E-state index in [-0.39, 0.29) is 0 Å². The van der Waals surface area contributed by atoms with Crippen LogP contribution in [0.1, 0.15) is 17.9 Å². The molecule has 1 heterocycles. The Hall–Kier alpha value is -0.610. The minimum Gasteiger partial charge on any atom is -0.316 e. The van der Waals surface area contributed by atoms with E-state index in [1.807, 2.05) is 12.1 Å². The lowest BCUT2D eigenvalue weighted by Gasteiger charge is -2.09. The van der Waals surface area contributed by atoms with Crippen LogP contribution >= 0.6 is 11.8 Å². The maximum atomic E-state index is 12.1. The molecule has 82 valence electrons. The third-order valence-corrected chi connectivity index (χ3v) is 3.36. The lowest BCUT2D eigenvalue weighted by molar-refractivity contribution is 0.252. The predicted molar refractivity (Wildman–Crippen MR) is 58.5 cm³/mol. The highest BCUT2D eigenvalue weighted by atomic mass is 32.2. The highest BCUT2D eigenvalue weighted by molar-refractivity contribution is 7.99. The van der Waals surface area contributed by atoms with Gasteiger partial charge in [0.2, 0.25) is 0 Å². The number of alkyl halides is 2. The van der Waals surface area contributed by atoms with Crippen LogP contribution in [-0.4, -0.2) is 18.8 Å². The van der Waals surface area contributed by atoms with E-state index in [1.54, 1.807) is 12.1 Å². The molecule has 0 aliphatic carbocycles. The quantitative estimate of drug-likeness (QED) is 0.799. The van der Waals surface area contributed by atoms with Gasteiger partial charge in [0.1, 0.15) is 0 Å². The van der Waals surface area contributed by atoms with Gasteiger partial charge in [-0.3, -0.25) is 0 Å². The lowest BCUT2D eigenvalue weighted by Crippen LogP contribution is -2.07. The Bertz CT molecular complexity index is 307. The number of rotatable bonds is 3. The first kappa shape index (κ1) is 10.9. The smallest absolute Gasteiger partial charge is 0.288 e. The molecule has 1 nitrogen and oxygen atoms in total. The number of halogens is 2. The Morgan fingerprint density at radius 1 is 1.27 bits per heavy atom. The van der Waals surface area contributed by atoms with E-state index in [4.69, 9.17) is 0 Å². The van der Waals surface area contributed by atoms with Crippen molar-refractivity contribution in [2.24, 2.45) is 0 Å². The number of hydrogen-bond acceptors (Lipinski definition) is 2. The van der Waals surface area contributed by atoms with E-state index in [2.05, 4.69) is 5.32 Å². The van der Waals surface area contributed by atoms with Crippen molar-refractivity contribution in [1.29, 1.82) is 0 Å². The van der Waals surface area contributed by atoms with Crippen LogP contribution in [0, 0.1) is 0 Å². The fourth-order valence-electron chi connectivity index (χ4n) is 1.86. The molecule has 1 N–H and O–H groups in total. The average Bonchev–Trinajstić information content (AvgIpc) is 2.71. The summed E-state index contributed by atoms with van der Waals surface area (Å²) in [7, 11) is 0. The summed E-state index contributed by atoms with van der Waals surface area (Å²) in [5.74, 6) is -1.78. The maximum absolute atomic E-state index is 12.1. The minimum absolute atomic E-state index is 0.551. The second kappa shape index (κ2) is 4.94. The third kappa shape index (κ3) is 2.92. The van der Waals surface area contributed by atoms with Gasteiger partial charge in [-0.25, -0.2) is 0 Å². The van der Waals surface area contributed by atoms with Crippen LogP contribution in [0.5, 0.6) is 0 Å². The highest BCUT2D eigenvalue weighted by Crippen LogP contribution is 2.28. The second-order valence-corrected chi connectivity index (χ2v) is 4.70. The van der Waals surface area contributed by atoms with Crippen molar-refractivity contribution in [3.8, 4) is 0 Å². The van der Waals surface area contributed by atoms with Gasteiger partial charge in [-0.2, -0.15) is 8.78 Å². The molecule has 1 saturated heterocycles. The first-order chi connectivity index (χ1) is 7.25. The van der Waals surface area contributed by atoms with E-state index in [9.17, 15) is 8.78 Å². The first-order valence-electron chi connectivity index (χ1n) is 5.01. The standard InChI is InChI=1S/C11H13F2NS/c12-11(13)15-10-3-1-8(2-4-10)9-5-6-14-7-9/h1-4,9,11,14H,5-7H2. The summed E-state index contributed by atoms with van der Waals surface area (Å²) in [5, 5.41) is 3.29. The molecule has 0 radical (unpaired) electrons. The van der Waals surface area contributed by atoms with E-state index in [0.717, 1.165) is 19.5 Å². The zero-order chi connectivity index (χ0) is 10.7. The van der Waals surface area contributed by atoms with Crippen LogP contribution < -0.4 is 5.32 Å². The highest BCUT2D eigenvalue weighted by Gasteiger charge is 2.16. The molecule has 0 aromatic heterocycles. The molecule has 0 saturated carbocycles. The Kier molecular flexibility index (Phi) is 3.59. The topological polar surface area (TPSA) is 12.0 Å². The van der Waals surface area contributed by atoms with Gasteiger partial charge in [-0.1, -0.05) is 23.9 Å². The maximum Gasteiger partial charge on any atom is 0.288 e. The van der Waals surface area contributed by atoms with Crippen LogP contribution in [-0.2, 0) is 0 Å². The van der Waals surface area contributed by atoms with Gasteiger partial charge in [0.15, 0.2) is 0 Å². The van der Waals surface area contributed by atoms with Crippen LogP contribution in [0.4, 0.5) is 8.78 Å². The fourth-order valence-corrected chi connectivity index (χ4v) is 2.36. The van der Waals surface area contributed by atoms with Gasteiger partial charge in [0, 0.05) is 11.4 Å². The molecule has 1 aromatic carbocycles. The van der Waals surface area contributed by atoms with Crippen LogP contribution in [0.15, 0.2) is 29.2 Å². The molecular formula is C11H13F2NS. The molecule has 0 bridgehead atoms. The van der Waals surface area contributed by atoms with Gasteiger partial charge in [0.05, 0.1) is 0 Å². The van der Waals surface area contributed by atoms with Gasteiger partial charge < -0.3 is 5.32 Å².